The van der Waals surface area contributed by atoms with Gasteiger partial charge in [0.25, 0.3) is 0 Å². The van der Waals surface area contributed by atoms with Gasteiger partial charge in [-0.1, -0.05) is 27.5 Å². The molecule has 0 bridgehead atoms. The van der Waals surface area contributed by atoms with E-state index in [-0.39, 0.29) is 0 Å². The molecule has 0 radical (unpaired) electrons. The van der Waals surface area contributed by atoms with E-state index in [1.165, 1.54) is 0 Å². The summed E-state index contributed by atoms with van der Waals surface area (Å²) in [6.07, 6.45) is 1.70. The van der Waals surface area contributed by atoms with Gasteiger partial charge in [0, 0.05) is 11.0 Å². The lowest BCUT2D eigenvalue weighted by Gasteiger charge is -2.10. The predicted molar refractivity (Wildman–Crippen MR) is 85.0 cm³/mol. The van der Waals surface area contributed by atoms with E-state index < -0.39 is 0 Å². The highest BCUT2D eigenvalue weighted by atomic mass is 79.9. The van der Waals surface area contributed by atoms with Crippen LogP contribution < -0.4 is 10.1 Å². The van der Waals surface area contributed by atoms with Crippen LogP contribution in [0.4, 0.5) is 5.69 Å². The molecule has 1 aromatic heterocycles. The van der Waals surface area contributed by atoms with Crippen molar-refractivity contribution in [2.24, 2.45) is 0 Å². The molecule has 2 rings (SSSR count). The molecule has 6 heteroatoms. The summed E-state index contributed by atoms with van der Waals surface area (Å²) in [4.78, 5) is 4.07. The summed E-state index contributed by atoms with van der Waals surface area (Å²) in [5.74, 6) is 0.829. The molecule has 3 nitrogen and oxygen atoms in total. The van der Waals surface area contributed by atoms with Crippen LogP contribution in [0.3, 0.4) is 0 Å². The third-order valence-corrected chi connectivity index (χ3v) is 4.44. The van der Waals surface area contributed by atoms with Crippen LogP contribution in [-0.2, 0) is 6.54 Å². The van der Waals surface area contributed by atoms with Gasteiger partial charge < -0.3 is 10.1 Å². The van der Waals surface area contributed by atoms with Crippen molar-refractivity contribution in [2.75, 3.05) is 12.4 Å². The van der Waals surface area contributed by atoms with E-state index in [0.717, 1.165) is 25.9 Å². The second kappa shape index (κ2) is 6.59. The Bertz CT molecular complexity index is 593. The molecule has 0 aliphatic rings. The van der Waals surface area contributed by atoms with Crippen LogP contribution in [0.15, 0.2) is 39.4 Å². The van der Waals surface area contributed by atoms with Gasteiger partial charge in [0.2, 0.25) is 0 Å². The number of rotatable bonds is 4. The SMILES string of the molecule is COc1ccc(Br)c(CNc2cnc(Cl)c(Br)c2)c1. The first-order chi connectivity index (χ1) is 9.10. The average Bonchev–Trinajstić information content (AvgIpc) is 2.41. The van der Waals surface area contributed by atoms with Gasteiger partial charge in [-0.05, 0) is 45.8 Å². The zero-order valence-electron chi connectivity index (χ0n) is 10.1. The van der Waals surface area contributed by atoms with Gasteiger partial charge in [-0.15, -0.1) is 0 Å². The molecule has 0 aliphatic carbocycles. The Morgan fingerprint density at radius 3 is 2.74 bits per heavy atom. The number of methoxy groups -OCH3 is 1. The average molecular weight is 407 g/mol. The van der Waals surface area contributed by atoms with Crippen LogP contribution in [0.5, 0.6) is 5.75 Å². The third-order valence-electron chi connectivity index (χ3n) is 2.53. The molecule has 1 heterocycles. The number of hydrogen-bond acceptors (Lipinski definition) is 3. The molecule has 0 fully saturated rings. The summed E-state index contributed by atoms with van der Waals surface area (Å²) < 4.78 is 7.01. The van der Waals surface area contributed by atoms with Crippen LogP contribution in [0.1, 0.15) is 5.56 Å². The molecule has 0 amide bonds. The molecule has 1 aromatic carbocycles. The second-order valence-corrected chi connectivity index (χ2v) is 5.87. The van der Waals surface area contributed by atoms with E-state index in [4.69, 9.17) is 16.3 Å². The fraction of sp³-hybridized carbons (Fsp3) is 0.154. The molecule has 0 aliphatic heterocycles. The van der Waals surface area contributed by atoms with Gasteiger partial charge in [-0.2, -0.15) is 0 Å². The van der Waals surface area contributed by atoms with Crippen molar-refractivity contribution in [3.63, 3.8) is 0 Å². The third kappa shape index (κ3) is 3.84. The standard InChI is InChI=1S/C13H11Br2ClN2O/c1-19-10-2-3-11(14)8(4-10)6-17-9-5-12(15)13(16)18-7-9/h2-5,7,17H,6H2,1H3. The summed E-state index contributed by atoms with van der Waals surface area (Å²) in [6.45, 7) is 0.660. The first-order valence-corrected chi connectivity index (χ1v) is 7.44. The van der Waals surface area contributed by atoms with Crippen molar-refractivity contribution in [2.45, 2.75) is 6.54 Å². The van der Waals surface area contributed by atoms with Crippen molar-refractivity contribution in [1.29, 1.82) is 0 Å². The number of nitrogens with one attached hydrogen (secondary N) is 1. The van der Waals surface area contributed by atoms with Crippen LogP contribution in [0.2, 0.25) is 5.15 Å². The Hall–Kier alpha value is -0.780. The van der Waals surface area contributed by atoms with Crippen molar-refractivity contribution in [1.82, 2.24) is 4.98 Å². The fourth-order valence-electron chi connectivity index (χ4n) is 1.53. The summed E-state index contributed by atoms with van der Waals surface area (Å²) in [5, 5.41) is 3.74. The smallest absolute Gasteiger partial charge is 0.143 e. The number of pyridine rings is 1. The Kier molecular flexibility index (Phi) is 5.07. The molecular weight excluding hydrogens is 395 g/mol. The van der Waals surface area contributed by atoms with E-state index in [9.17, 15) is 0 Å². The highest BCUT2D eigenvalue weighted by Gasteiger charge is 2.04. The lowest BCUT2D eigenvalue weighted by Crippen LogP contribution is -2.01. The summed E-state index contributed by atoms with van der Waals surface area (Å²) in [7, 11) is 1.65. The van der Waals surface area contributed by atoms with Gasteiger partial charge in [-0.3, -0.25) is 0 Å². The number of anilines is 1. The number of ether oxygens (including phenoxy) is 1. The zero-order chi connectivity index (χ0) is 13.8. The minimum atomic E-state index is 0.452. The second-order valence-electron chi connectivity index (χ2n) is 3.81. The topological polar surface area (TPSA) is 34.1 Å². The lowest BCUT2D eigenvalue weighted by atomic mass is 10.2. The molecular formula is C13H11Br2ClN2O. The molecule has 1 N–H and O–H groups in total. The quantitative estimate of drug-likeness (QED) is 0.735. The van der Waals surface area contributed by atoms with E-state index in [2.05, 4.69) is 42.2 Å². The normalized spacial score (nSPS) is 10.3. The maximum Gasteiger partial charge on any atom is 0.143 e. The minimum Gasteiger partial charge on any atom is -0.497 e. The van der Waals surface area contributed by atoms with E-state index in [1.54, 1.807) is 13.3 Å². The maximum absolute atomic E-state index is 5.85. The fourth-order valence-corrected chi connectivity index (χ4v) is 2.37. The Morgan fingerprint density at radius 2 is 2.05 bits per heavy atom. The Morgan fingerprint density at radius 1 is 1.26 bits per heavy atom. The monoisotopic (exact) mass is 404 g/mol. The number of aromatic nitrogens is 1. The zero-order valence-corrected chi connectivity index (χ0v) is 14.0. The van der Waals surface area contributed by atoms with Crippen molar-refractivity contribution in [3.8, 4) is 5.75 Å². The molecule has 19 heavy (non-hydrogen) atoms. The van der Waals surface area contributed by atoms with E-state index >= 15 is 0 Å². The van der Waals surface area contributed by atoms with Crippen molar-refractivity contribution < 1.29 is 4.74 Å². The predicted octanol–water partition coefficient (Wildman–Crippen LogP) is 4.88. The number of hydrogen-bond donors (Lipinski definition) is 1. The molecule has 0 saturated heterocycles. The van der Waals surface area contributed by atoms with Gasteiger partial charge in [0.15, 0.2) is 0 Å². The van der Waals surface area contributed by atoms with Gasteiger partial charge >= 0.3 is 0 Å². The van der Waals surface area contributed by atoms with Gasteiger partial charge in [0.1, 0.15) is 10.9 Å². The molecule has 0 spiro atoms. The van der Waals surface area contributed by atoms with Crippen LogP contribution in [0, 0.1) is 0 Å². The van der Waals surface area contributed by atoms with Crippen LogP contribution >= 0.6 is 43.5 Å². The summed E-state index contributed by atoms with van der Waals surface area (Å²) in [5.41, 5.74) is 2.00. The van der Waals surface area contributed by atoms with E-state index in [1.807, 2.05) is 24.3 Å². The number of halogens is 3. The summed E-state index contributed by atoms with van der Waals surface area (Å²) >= 11 is 12.7. The Balaban J connectivity index is 2.11. The largest absolute Gasteiger partial charge is 0.497 e. The molecule has 0 atom stereocenters. The summed E-state index contributed by atoms with van der Waals surface area (Å²) in [6, 6.07) is 7.75. The highest BCUT2D eigenvalue weighted by Crippen LogP contribution is 2.25. The van der Waals surface area contributed by atoms with Crippen molar-refractivity contribution >= 4 is 49.1 Å². The minimum absolute atomic E-state index is 0.452. The molecule has 100 valence electrons. The van der Waals surface area contributed by atoms with Gasteiger partial charge in [-0.25, -0.2) is 4.98 Å². The van der Waals surface area contributed by atoms with Crippen LogP contribution in [-0.4, -0.2) is 12.1 Å². The number of nitrogens with zero attached hydrogens (tertiary/aromatic N) is 1. The highest BCUT2D eigenvalue weighted by molar-refractivity contribution is 9.10. The molecule has 0 unspecified atom stereocenters. The van der Waals surface area contributed by atoms with Crippen LogP contribution in [0.25, 0.3) is 0 Å². The van der Waals surface area contributed by atoms with E-state index in [0.29, 0.717) is 11.7 Å². The first-order valence-electron chi connectivity index (χ1n) is 5.47. The van der Waals surface area contributed by atoms with Gasteiger partial charge in [0.05, 0.1) is 23.5 Å². The molecule has 2 aromatic rings. The molecule has 0 saturated carbocycles. The Labute approximate surface area is 133 Å². The maximum atomic E-state index is 5.85. The number of benzene rings is 1. The first kappa shape index (κ1) is 14.6. The lowest BCUT2D eigenvalue weighted by molar-refractivity contribution is 0.414. The van der Waals surface area contributed by atoms with Crippen molar-refractivity contribution in [3.05, 3.63) is 50.1 Å².